The largest absolute Gasteiger partial charge is 0.355 e. The standard InChI is InChI=1S/C46H33NS/c1-29-25-30(2)27-33(26-29)46-39-15-5-3-13-37(39)45(38-14-4-6-16-40(38)46)31-19-22-34(23-20-31)47-42-17-9-7-11-35(42)32-21-24-44-41(28-32)36-12-8-10-18-43(36)48-44/h3-28,47H,1-2H3. The van der Waals surface area contributed by atoms with Gasteiger partial charge in [0, 0.05) is 37.1 Å². The van der Waals surface area contributed by atoms with Gasteiger partial charge in [-0.15, -0.1) is 11.3 Å². The Bertz CT molecular complexity index is 2580. The lowest BCUT2D eigenvalue weighted by molar-refractivity contribution is 1.39. The quantitative estimate of drug-likeness (QED) is 0.186. The van der Waals surface area contributed by atoms with Crippen molar-refractivity contribution in [1.82, 2.24) is 0 Å². The second-order valence-corrected chi connectivity index (χ2v) is 13.9. The van der Waals surface area contributed by atoms with Crippen LogP contribution in [0.1, 0.15) is 11.1 Å². The van der Waals surface area contributed by atoms with E-state index in [-0.39, 0.29) is 0 Å². The molecule has 0 saturated carbocycles. The van der Waals surface area contributed by atoms with Crippen LogP contribution >= 0.6 is 11.3 Å². The number of para-hydroxylation sites is 1. The Balaban J connectivity index is 1.12. The lowest BCUT2D eigenvalue weighted by Gasteiger charge is -2.19. The van der Waals surface area contributed by atoms with Gasteiger partial charge in [0.2, 0.25) is 0 Å². The van der Waals surface area contributed by atoms with Gasteiger partial charge < -0.3 is 5.32 Å². The fourth-order valence-electron chi connectivity index (χ4n) is 7.48. The smallest absolute Gasteiger partial charge is 0.0463 e. The lowest BCUT2D eigenvalue weighted by atomic mass is 9.85. The Morgan fingerprint density at radius 3 is 1.58 bits per heavy atom. The minimum atomic E-state index is 1.06. The van der Waals surface area contributed by atoms with Gasteiger partial charge in [0.1, 0.15) is 0 Å². The molecule has 228 valence electrons. The van der Waals surface area contributed by atoms with E-state index in [2.05, 4.69) is 177 Å². The summed E-state index contributed by atoms with van der Waals surface area (Å²) in [4.78, 5) is 0. The number of fused-ring (bicyclic) bond motifs is 5. The first-order valence-electron chi connectivity index (χ1n) is 16.5. The highest BCUT2D eigenvalue weighted by Crippen LogP contribution is 2.44. The molecule has 9 rings (SSSR count). The van der Waals surface area contributed by atoms with Crippen LogP contribution in [0.2, 0.25) is 0 Å². The van der Waals surface area contributed by atoms with Gasteiger partial charge in [-0.25, -0.2) is 0 Å². The molecule has 0 radical (unpaired) electrons. The molecule has 0 aliphatic carbocycles. The van der Waals surface area contributed by atoms with Crippen molar-refractivity contribution in [1.29, 1.82) is 0 Å². The molecular weight excluding hydrogens is 599 g/mol. The number of aryl methyl sites for hydroxylation is 2. The van der Waals surface area contributed by atoms with Crippen LogP contribution in [0, 0.1) is 13.8 Å². The van der Waals surface area contributed by atoms with Gasteiger partial charge in [-0.1, -0.05) is 132 Å². The Morgan fingerprint density at radius 2 is 0.917 bits per heavy atom. The maximum atomic E-state index is 3.75. The van der Waals surface area contributed by atoms with Gasteiger partial charge in [0.15, 0.2) is 0 Å². The van der Waals surface area contributed by atoms with Gasteiger partial charge >= 0.3 is 0 Å². The minimum absolute atomic E-state index is 1.06. The summed E-state index contributed by atoms with van der Waals surface area (Å²) in [6.07, 6.45) is 0. The van der Waals surface area contributed by atoms with Crippen molar-refractivity contribution in [3.05, 3.63) is 169 Å². The van der Waals surface area contributed by atoms with Crippen LogP contribution in [0.4, 0.5) is 11.4 Å². The summed E-state index contributed by atoms with van der Waals surface area (Å²) in [5, 5.41) is 11.5. The lowest BCUT2D eigenvalue weighted by Crippen LogP contribution is -1.94. The highest BCUT2D eigenvalue weighted by atomic mass is 32.1. The molecule has 0 bridgehead atoms. The highest BCUT2D eigenvalue weighted by Gasteiger charge is 2.17. The van der Waals surface area contributed by atoms with Crippen molar-refractivity contribution >= 4 is 64.4 Å². The molecule has 0 amide bonds. The molecule has 0 unspecified atom stereocenters. The summed E-state index contributed by atoms with van der Waals surface area (Å²) in [6, 6.07) is 57.8. The fraction of sp³-hybridized carbons (Fsp3) is 0.0435. The molecule has 1 N–H and O–H groups in total. The second-order valence-electron chi connectivity index (χ2n) is 12.8. The van der Waals surface area contributed by atoms with Crippen molar-refractivity contribution in [2.45, 2.75) is 13.8 Å². The normalized spacial score (nSPS) is 11.5. The van der Waals surface area contributed by atoms with Crippen LogP contribution in [-0.2, 0) is 0 Å². The summed E-state index contributed by atoms with van der Waals surface area (Å²) in [5.74, 6) is 0. The van der Waals surface area contributed by atoms with Crippen LogP contribution < -0.4 is 5.32 Å². The maximum absolute atomic E-state index is 3.75. The third kappa shape index (κ3) is 4.85. The molecule has 0 saturated heterocycles. The summed E-state index contributed by atoms with van der Waals surface area (Å²) in [7, 11) is 0. The number of hydrogen-bond donors (Lipinski definition) is 1. The Hall–Kier alpha value is -5.70. The third-order valence-corrected chi connectivity index (χ3v) is 10.7. The van der Waals surface area contributed by atoms with Crippen molar-refractivity contribution in [3.63, 3.8) is 0 Å². The van der Waals surface area contributed by atoms with Crippen LogP contribution in [0.3, 0.4) is 0 Å². The first-order valence-corrected chi connectivity index (χ1v) is 17.3. The topological polar surface area (TPSA) is 12.0 Å². The van der Waals surface area contributed by atoms with Crippen molar-refractivity contribution in [2.24, 2.45) is 0 Å². The Morgan fingerprint density at radius 1 is 0.396 bits per heavy atom. The van der Waals surface area contributed by atoms with Crippen molar-refractivity contribution in [3.8, 4) is 33.4 Å². The van der Waals surface area contributed by atoms with Gasteiger partial charge in [-0.2, -0.15) is 0 Å². The van der Waals surface area contributed by atoms with E-state index < -0.39 is 0 Å². The first-order chi connectivity index (χ1) is 23.6. The summed E-state index contributed by atoms with van der Waals surface area (Å²) in [5.41, 5.74) is 12.2. The fourth-order valence-corrected chi connectivity index (χ4v) is 8.57. The van der Waals surface area contributed by atoms with E-state index in [1.165, 1.54) is 86.2 Å². The molecule has 0 aliphatic rings. The zero-order chi connectivity index (χ0) is 32.2. The van der Waals surface area contributed by atoms with Crippen LogP contribution in [-0.4, -0.2) is 0 Å². The predicted octanol–water partition coefficient (Wildman–Crippen LogP) is 13.7. The molecule has 48 heavy (non-hydrogen) atoms. The molecule has 0 fully saturated rings. The van der Waals surface area contributed by atoms with E-state index >= 15 is 0 Å². The van der Waals surface area contributed by atoms with E-state index in [9.17, 15) is 0 Å². The van der Waals surface area contributed by atoms with E-state index in [0.29, 0.717) is 0 Å². The van der Waals surface area contributed by atoms with Crippen LogP contribution in [0.15, 0.2) is 158 Å². The summed E-state index contributed by atoms with van der Waals surface area (Å²) >= 11 is 1.86. The molecule has 2 heteroatoms. The molecular formula is C46H33NS. The molecule has 8 aromatic carbocycles. The summed E-state index contributed by atoms with van der Waals surface area (Å²) in [6.45, 7) is 4.38. The number of hydrogen-bond acceptors (Lipinski definition) is 2. The van der Waals surface area contributed by atoms with Crippen LogP contribution in [0.5, 0.6) is 0 Å². The molecule has 0 spiro atoms. The van der Waals surface area contributed by atoms with E-state index in [0.717, 1.165) is 11.4 Å². The van der Waals surface area contributed by atoms with Crippen molar-refractivity contribution < 1.29 is 0 Å². The van der Waals surface area contributed by atoms with Gasteiger partial charge in [-0.3, -0.25) is 0 Å². The SMILES string of the molecule is Cc1cc(C)cc(-c2c3ccccc3c(-c3ccc(Nc4ccccc4-c4ccc5sc6ccccc6c5c4)cc3)c3ccccc23)c1. The molecule has 9 aromatic rings. The van der Waals surface area contributed by atoms with E-state index in [1.807, 2.05) is 11.3 Å². The summed E-state index contributed by atoms with van der Waals surface area (Å²) < 4.78 is 2.65. The minimum Gasteiger partial charge on any atom is -0.355 e. The zero-order valence-corrected chi connectivity index (χ0v) is 27.7. The molecule has 1 heterocycles. The van der Waals surface area contributed by atoms with Gasteiger partial charge in [-0.05, 0) is 99.6 Å². The first kappa shape index (κ1) is 28.5. The van der Waals surface area contributed by atoms with Crippen molar-refractivity contribution in [2.75, 3.05) is 5.32 Å². The highest BCUT2D eigenvalue weighted by molar-refractivity contribution is 7.25. The molecule has 0 aliphatic heterocycles. The monoisotopic (exact) mass is 631 g/mol. The van der Waals surface area contributed by atoms with Gasteiger partial charge in [0.25, 0.3) is 0 Å². The van der Waals surface area contributed by atoms with Gasteiger partial charge in [0.05, 0.1) is 0 Å². The average Bonchev–Trinajstić information content (AvgIpc) is 3.49. The number of anilines is 2. The molecule has 1 aromatic heterocycles. The third-order valence-electron chi connectivity index (χ3n) is 9.51. The average molecular weight is 632 g/mol. The van der Waals surface area contributed by atoms with Crippen LogP contribution in [0.25, 0.3) is 75.1 Å². The molecule has 0 atom stereocenters. The maximum Gasteiger partial charge on any atom is 0.0463 e. The number of benzene rings is 8. The number of thiophene rings is 1. The zero-order valence-electron chi connectivity index (χ0n) is 26.9. The Labute approximate surface area is 284 Å². The number of rotatable bonds is 5. The number of nitrogens with one attached hydrogen (secondary N) is 1. The molecule has 1 nitrogen and oxygen atoms in total. The predicted molar refractivity (Wildman–Crippen MR) is 210 cm³/mol. The van der Waals surface area contributed by atoms with E-state index in [1.54, 1.807) is 0 Å². The van der Waals surface area contributed by atoms with E-state index in [4.69, 9.17) is 0 Å². The second kappa shape index (κ2) is 11.5. The Kier molecular flexibility index (Phi) is 6.85.